The van der Waals surface area contributed by atoms with Crippen LogP contribution >= 0.6 is 0 Å². The molecule has 2 aliphatic heterocycles. The highest BCUT2D eigenvalue weighted by Gasteiger charge is 2.23. The zero-order chi connectivity index (χ0) is 10.7. The van der Waals surface area contributed by atoms with Gasteiger partial charge in [0.25, 0.3) is 0 Å². The van der Waals surface area contributed by atoms with Crippen LogP contribution in [0.2, 0.25) is 0 Å². The third-order valence-electron chi connectivity index (χ3n) is 3.61. The molecule has 2 atom stereocenters. The minimum absolute atomic E-state index is 0.441. The van der Waals surface area contributed by atoms with Gasteiger partial charge in [-0.15, -0.1) is 0 Å². The van der Waals surface area contributed by atoms with Gasteiger partial charge in [0, 0.05) is 32.8 Å². The Morgan fingerprint density at radius 3 is 2.87 bits per heavy atom. The molecule has 2 saturated heterocycles. The lowest BCUT2D eigenvalue weighted by Crippen LogP contribution is -2.36. The first-order valence-corrected chi connectivity index (χ1v) is 5.98. The average Bonchev–Trinajstić information content (AvgIpc) is 2.49. The summed E-state index contributed by atoms with van der Waals surface area (Å²) in [6, 6.07) is 0. The van der Waals surface area contributed by atoms with Crippen LogP contribution in [-0.4, -0.2) is 38.9 Å². The molecule has 86 valence electrons. The molecule has 0 spiro atoms. The molecule has 0 aromatic rings. The van der Waals surface area contributed by atoms with Gasteiger partial charge < -0.3 is 15.4 Å². The van der Waals surface area contributed by atoms with E-state index in [9.17, 15) is 0 Å². The Balaban J connectivity index is 1.66. The normalized spacial score (nSPS) is 30.4. The van der Waals surface area contributed by atoms with Gasteiger partial charge >= 0.3 is 0 Å². The molecule has 0 saturated carbocycles. The highest BCUT2D eigenvalue weighted by atomic mass is 16.5. The Labute approximate surface area is 92.3 Å². The molecule has 3 nitrogen and oxygen atoms in total. The molecular weight excluding hydrogens is 188 g/mol. The minimum atomic E-state index is 0.441. The summed E-state index contributed by atoms with van der Waals surface area (Å²) in [7, 11) is 0. The average molecular weight is 210 g/mol. The smallest absolute Gasteiger partial charge is 0.0588 e. The molecule has 0 bridgehead atoms. The third kappa shape index (κ3) is 2.80. The van der Waals surface area contributed by atoms with Crippen LogP contribution in [0.4, 0.5) is 0 Å². The number of ether oxygens (including phenoxy) is 1. The van der Waals surface area contributed by atoms with Gasteiger partial charge in [-0.1, -0.05) is 5.57 Å². The summed E-state index contributed by atoms with van der Waals surface area (Å²) in [6.45, 7) is 9.68. The van der Waals surface area contributed by atoms with Crippen molar-refractivity contribution in [1.82, 2.24) is 10.6 Å². The van der Waals surface area contributed by atoms with Crippen molar-refractivity contribution >= 4 is 0 Å². The van der Waals surface area contributed by atoms with E-state index >= 15 is 0 Å². The first kappa shape index (κ1) is 11.1. The lowest BCUT2D eigenvalue weighted by atomic mass is 10.0. The van der Waals surface area contributed by atoms with Crippen molar-refractivity contribution < 1.29 is 4.74 Å². The van der Waals surface area contributed by atoms with E-state index in [1.54, 1.807) is 5.57 Å². The lowest BCUT2D eigenvalue weighted by Gasteiger charge is -2.23. The molecule has 2 fully saturated rings. The number of rotatable bonds is 4. The predicted octanol–water partition coefficient (Wildman–Crippen LogP) is 0.921. The van der Waals surface area contributed by atoms with E-state index < -0.39 is 0 Å². The molecule has 2 rings (SSSR count). The molecule has 2 aliphatic rings. The summed E-state index contributed by atoms with van der Waals surface area (Å²) in [4.78, 5) is 0. The number of hydrogen-bond donors (Lipinski definition) is 2. The van der Waals surface area contributed by atoms with Crippen molar-refractivity contribution in [2.45, 2.75) is 26.4 Å². The van der Waals surface area contributed by atoms with Crippen molar-refractivity contribution in [3.63, 3.8) is 0 Å². The van der Waals surface area contributed by atoms with Crippen LogP contribution in [0, 0.1) is 5.92 Å². The van der Waals surface area contributed by atoms with Crippen molar-refractivity contribution in [2.75, 3.05) is 32.8 Å². The zero-order valence-corrected chi connectivity index (χ0v) is 9.81. The van der Waals surface area contributed by atoms with Crippen molar-refractivity contribution in [3.05, 3.63) is 11.1 Å². The molecule has 15 heavy (non-hydrogen) atoms. The first-order valence-electron chi connectivity index (χ1n) is 5.98. The molecule has 0 aromatic heterocycles. The van der Waals surface area contributed by atoms with Gasteiger partial charge in [-0.2, -0.15) is 0 Å². The van der Waals surface area contributed by atoms with Crippen LogP contribution < -0.4 is 10.6 Å². The van der Waals surface area contributed by atoms with E-state index in [2.05, 4.69) is 24.5 Å². The summed E-state index contributed by atoms with van der Waals surface area (Å²) < 4.78 is 5.54. The molecule has 0 aliphatic carbocycles. The molecule has 3 heteroatoms. The van der Waals surface area contributed by atoms with Crippen LogP contribution in [0.25, 0.3) is 0 Å². The number of hydrogen-bond acceptors (Lipinski definition) is 3. The van der Waals surface area contributed by atoms with Crippen molar-refractivity contribution in [2.24, 2.45) is 5.92 Å². The molecule has 2 unspecified atom stereocenters. The zero-order valence-electron chi connectivity index (χ0n) is 9.81. The predicted molar refractivity (Wildman–Crippen MR) is 62.0 cm³/mol. The molecule has 2 heterocycles. The Bertz CT molecular complexity index is 244. The summed E-state index contributed by atoms with van der Waals surface area (Å²) in [5.74, 6) is 0.710. The van der Waals surface area contributed by atoms with Crippen LogP contribution in [0.15, 0.2) is 11.1 Å². The van der Waals surface area contributed by atoms with Crippen molar-refractivity contribution in [1.29, 1.82) is 0 Å². The van der Waals surface area contributed by atoms with E-state index in [-0.39, 0.29) is 0 Å². The first-order chi connectivity index (χ1) is 7.27. The Morgan fingerprint density at radius 2 is 2.33 bits per heavy atom. The lowest BCUT2D eigenvalue weighted by molar-refractivity contribution is 0.106. The van der Waals surface area contributed by atoms with Gasteiger partial charge in [0.1, 0.15) is 0 Å². The maximum absolute atomic E-state index is 5.54. The fourth-order valence-corrected chi connectivity index (χ4v) is 2.17. The highest BCUT2D eigenvalue weighted by Crippen LogP contribution is 2.19. The van der Waals surface area contributed by atoms with E-state index in [1.165, 1.54) is 12.0 Å². The maximum atomic E-state index is 5.54. The van der Waals surface area contributed by atoms with Gasteiger partial charge in [-0.05, 0) is 31.8 Å². The van der Waals surface area contributed by atoms with E-state index in [1.807, 2.05) is 0 Å². The van der Waals surface area contributed by atoms with Crippen LogP contribution in [0.5, 0.6) is 0 Å². The summed E-state index contributed by atoms with van der Waals surface area (Å²) in [5, 5.41) is 6.82. The van der Waals surface area contributed by atoms with E-state index in [0.717, 1.165) is 32.8 Å². The van der Waals surface area contributed by atoms with Gasteiger partial charge in [-0.3, -0.25) is 0 Å². The van der Waals surface area contributed by atoms with Crippen LogP contribution in [0.1, 0.15) is 20.3 Å². The molecule has 2 N–H and O–H groups in total. The van der Waals surface area contributed by atoms with E-state index in [4.69, 9.17) is 4.74 Å². The minimum Gasteiger partial charge on any atom is -0.378 e. The molecule has 0 radical (unpaired) electrons. The quantitative estimate of drug-likeness (QED) is 0.677. The molecular formula is C12H22N2O. The summed E-state index contributed by atoms with van der Waals surface area (Å²) >= 11 is 0. The topological polar surface area (TPSA) is 33.3 Å². The third-order valence-corrected chi connectivity index (χ3v) is 3.61. The standard InChI is InChI=1S/C12H22N2O/c1-9(12-7-14-8-12)5-13-6-11-3-4-15-10(11)2/h10-11,13-14H,3-8H2,1-2H3. The second-order valence-corrected chi connectivity index (χ2v) is 4.74. The molecule has 0 amide bonds. The second kappa shape index (κ2) is 5.10. The summed E-state index contributed by atoms with van der Waals surface area (Å²) in [5.41, 5.74) is 3.10. The monoisotopic (exact) mass is 210 g/mol. The highest BCUT2D eigenvalue weighted by molar-refractivity contribution is 5.22. The fraction of sp³-hybridized carbons (Fsp3) is 0.833. The van der Waals surface area contributed by atoms with Gasteiger partial charge in [0.05, 0.1) is 6.10 Å². The Kier molecular flexibility index (Phi) is 3.78. The molecule has 0 aromatic carbocycles. The largest absolute Gasteiger partial charge is 0.378 e. The number of nitrogens with one attached hydrogen (secondary N) is 2. The van der Waals surface area contributed by atoms with Gasteiger partial charge in [0.15, 0.2) is 0 Å². The maximum Gasteiger partial charge on any atom is 0.0588 e. The van der Waals surface area contributed by atoms with Gasteiger partial charge in [0.2, 0.25) is 0 Å². The Morgan fingerprint density at radius 1 is 1.53 bits per heavy atom. The summed E-state index contributed by atoms with van der Waals surface area (Å²) in [6.07, 6.45) is 1.65. The van der Waals surface area contributed by atoms with E-state index in [0.29, 0.717) is 12.0 Å². The Hall–Kier alpha value is -0.380. The van der Waals surface area contributed by atoms with Crippen LogP contribution in [-0.2, 0) is 4.74 Å². The SMILES string of the molecule is CC(CNCC1CCOC1C)=C1CNC1. The van der Waals surface area contributed by atoms with Crippen LogP contribution in [0.3, 0.4) is 0 Å². The second-order valence-electron chi connectivity index (χ2n) is 4.74. The van der Waals surface area contributed by atoms with Gasteiger partial charge in [-0.25, -0.2) is 0 Å². The fourth-order valence-electron chi connectivity index (χ4n) is 2.17. The van der Waals surface area contributed by atoms with Crippen molar-refractivity contribution in [3.8, 4) is 0 Å².